The highest BCUT2D eigenvalue weighted by atomic mass is 16.5. The Hall–Kier alpha value is -2.01. The molecule has 0 spiro atoms. The third kappa shape index (κ3) is 2.38. The summed E-state index contributed by atoms with van der Waals surface area (Å²) in [5.41, 5.74) is 1.35. The molecule has 0 radical (unpaired) electrons. The Balaban J connectivity index is 1.95. The summed E-state index contributed by atoms with van der Waals surface area (Å²) >= 11 is 0. The number of nitrogens with zero attached hydrogens (tertiary/aromatic N) is 3. The third-order valence-electron chi connectivity index (χ3n) is 4.35. The van der Waals surface area contributed by atoms with Crippen molar-refractivity contribution < 1.29 is 9.53 Å². The van der Waals surface area contributed by atoms with Gasteiger partial charge in [0.15, 0.2) is 5.78 Å². The summed E-state index contributed by atoms with van der Waals surface area (Å²) in [6.45, 7) is 6.04. The molecule has 110 valence electrons. The second kappa shape index (κ2) is 5.41. The van der Waals surface area contributed by atoms with Crippen molar-refractivity contribution in [1.29, 1.82) is 0 Å². The van der Waals surface area contributed by atoms with Crippen molar-refractivity contribution in [1.82, 2.24) is 15.0 Å². The molecule has 4 unspecified atom stereocenters. The summed E-state index contributed by atoms with van der Waals surface area (Å²) in [7, 11) is 0. The number of para-hydroxylation sites is 1. The van der Waals surface area contributed by atoms with Crippen LogP contribution >= 0.6 is 0 Å². The number of hydrogen-bond donors (Lipinski definition) is 0. The molecule has 0 N–H and O–H groups in total. The van der Waals surface area contributed by atoms with E-state index in [4.69, 9.17) is 4.74 Å². The number of aromatic nitrogens is 3. The predicted octanol–water partition coefficient (Wildman–Crippen LogP) is 2.51. The number of ketones is 1. The second-order valence-corrected chi connectivity index (χ2v) is 5.66. The monoisotopic (exact) mass is 285 g/mol. The van der Waals surface area contributed by atoms with Gasteiger partial charge in [-0.3, -0.25) is 4.79 Å². The minimum atomic E-state index is -0.152. The van der Waals surface area contributed by atoms with Crippen molar-refractivity contribution >= 4 is 5.78 Å². The first kappa shape index (κ1) is 13.9. The zero-order valence-electron chi connectivity index (χ0n) is 12.4. The largest absolute Gasteiger partial charge is 0.374 e. The first-order valence-corrected chi connectivity index (χ1v) is 7.25. The van der Waals surface area contributed by atoms with Crippen LogP contribution in [0.5, 0.6) is 0 Å². The topological polar surface area (TPSA) is 57.0 Å². The molecule has 5 nitrogen and oxygen atoms in total. The normalized spacial score (nSPS) is 28.7. The van der Waals surface area contributed by atoms with E-state index in [1.807, 2.05) is 44.2 Å². The molecule has 0 saturated carbocycles. The lowest BCUT2D eigenvalue weighted by molar-refractivity contribution is 0.0489. The molecular formula is C16H19N3O2. The lowest BCUT2D eigenvalue weighted by Gasteiger charge is -2.17. The molecule has 0 aliphatic carbocycles. The second-order valence-electron chi connectivity index (χ2n) is 5.66. The van der Waals surface area contributed by atoms with Crippen molar-refractivity contribution in [2.45, 2.75) is 33.0 Å². The molecule has 1 saturated heterocycles. The molecule has 0 amide bonds. The van der Waals surface area contributed by atoms with Gasteiger partial charge in [0.05, 0.1) is 30.0 Å². The summed E-state index contributed by atoms with van der Waals surface area (Å²) in [4.78, 5) is 12.9. The first-order valence-electron chi connectivity index (χ1n) is 7.25. The Labute approximate surface area is 123 Å². The third-order valence-corrected chi connectivity index (χ3v) is 4.35. The fraction of sp³-hybridized carbons (Fsp3) is 0.438. The van der Waals surface area contributed by atoms with Gasteiger partial charge in [-0.25, -0.2) is 4.68 Å². The van der Waals surface area contributed by atoms with E-state index in [2.05, 4.69) is 17.2 Å². The average Bonchev–Trinajstić information content (AvgIpc) is 3.05. The highest BCUT2D eigenvalue weighted by molar-refractivity contribution is 5.97. The number of ether oxygens (including phenoxy) is 1. The maximum atomic E-state index is 12.9. The summed E-state index contributed by atoms with van der Waals surface area (Å²) in [5, 5.41) is 7.96. The summed E-state index contributed by atoms with van der Waals surface area (Å²) in [5.74, 6) is 0.0841. The van der Waals surface area contributed by atoms with Gasteiger partial charge in [-0.15, -0.1) is 5.10 Å². The van der Waals surface area contributed by atoms with Gasteiger partial charge in [0.2, 0.25) is 0 Å². The highest BCUT2D eigenvalue weighted by Gasteiger charge is 2.42. The molecule has 1 fully saturated rings. The Bertz CT molecular complexity index is 638. The molecular weight excluding hydrogens is 266 g/mol. The number of carbonyl (C=O) groups excluding carboxylic acids is 1. The molecule has 0 bridgehead atoms. The SMILES string of the molecule is CC1OC(C)C(C(=O)c2cnnn2-c2ccccc2)C1C. The van der Waals surface area contributed by atoms with Crippen LogP contribution in [0.1, 0.15) is 31.3 Å². The number of hydrogen-bond acceptors (Lipinski definition) is 4. The molecule has 2 aromatic rings. The van der Waals surface area contributed by atoms with Gasteiger partial charge in [-0.05, 0) is 31.9 Å². The predicted molar refractivity (Wildman–Crippen MR) is 78.4 cm³/mol. The molecule has 1 aromatic heterocycles. The van der Waals surface area contributed by atoms with E-state index >= 15 is 0 Å². The van der Waals surface area contributed by atoms with Crippen LogP contribution in [0, 0.1) is 11.8 Å². The van der Waals surface area contributed by atoms with Gasteiger partial charge < -0.3 is 4.74 Å². The van der Waals surface area contributed by atoms with E-state index in [-0.39, 0.29) is 29.8 Å². The molecule has 21 heavy (non-hydrogen) atoms. The van der Waals surface area contributed by atoms with Crippen LogP contribution in [-0.4, -0.2) is 33.0 Å². The van der Waals surface area contributed by atoms with Gasteiger partial charge in [-0.2, -0.15) is 0 Å². The van der Waals surface area contributed by atoms with E-state index in [0.29, 0.717) is 5.69 Å². The Morgan fingerprint density at radius 2 is 1.86 bits per heavy atom. The van der Waals surface area contributed by atoms with Crippen LogP contribution < -0.4 is 0 Å². The molecule has 4 atom stereocenters. The van der Waals surface area contributed by atoms with E-state index in [0.717, 1.165) is 5.69 Å². The van der Waals surface area contributed by atoms with Gasteiger partial charge in [-0.1, -0.05) is 30.3 Å². The number of benzene rings is 1. The lowest BCUT2D eigenvalue weighted by Crippen LogP contribution is -2.28. The lowest BCUT2D eigenvalue weighted by atomic mass is 9.85. The van der Waals surface area contributed by atoms with E-state index in [9.17, 15) is 4.79 Å². The van der Waals surface area contributed by atoms with Gasteiger partial charge in [0, 0.05) is 0 Å². The van der Waals surface area contributed by atoms with E-state index in [1.54, 1.807) is 4.68 Å². The quantitative estimate of drug-likeness (QED) is 0.813. The Kier molecular flexibility index (Phi) is 3.59. The van der Waals surface area contributed by atoms with Crippen molar-refractivity contribution in [3.8, 4) is 5.69 Å². The van der Waals surface area contributed by atoms with E-state index < -0.39 is 0 Å². The fourth-order valence-corrected chi connectivity index (χ4v) is 3.05. The fourth-order valence-electron chi connectivity index (χ4n) is 3.05. The zero-order valence-corrected chi connectivity index (χ0v) is 12.4. The molecule has 5 heteroatoms. The van der Waals surface area contributed by atoms with E-state index in [1.165, 1.54) is 6.20 Å². The van der Waals surface area contributed by atoms with Crippen molar-refractivity contribution in [3.05, 3.63) is 42.2 Å². The van der Waals surface area contributed by atoms with Crippen molar-refractivity contribution in [2.24, 2.45) is 11.8 Å². The standard InChI is InChI=1S/C16H19N3O2/c1-10-11(2)21-12(3)15(10)16(20)14-9-17-18-19(14)13-7-5-4-6-8-13/h4-12,15H,1-3H3. The smallest absolute Gasteiger partial charge is 0.188 e. The summed E-state index contributed by atoms with van der Waals surface area (Å²) in [6, 6.07) is 9.57. The molecule has 3 rings (SSSR count). The Morgan fingerprint density at radius 3 is 2.48 bits per heavy atom. The van der Waals surface area contributed by atoms with Gasteiger partial charge >= 0.3 is 0 Å². The molecule has 1 aliphatic heterocycles. The summed E-state index contributed by atoms with van der Waals surface area (Å²) < 4.78 is 7.38. The van der Waals surface area contributed by atoms with Crippen molar-refractivity contribution in [3.63, 3.8) is 0 Å². The van der Waals surface area contributed by atoms with Crippen LogP contribution in [0.2, 0.25) is 0 Å². The molecule has 1 aliphatic rings. The number of Topliss-reactive ketones (excluding diaryl/α,β-unsaturated/α-hetero) is 1. The van der Waals surface area contributed by atoms with Crippen LogP contribution in [0.25, 0.3) is 5.69 Å². The molecule has 2 heterocycles. The number of rotatable bonds is 3. The van der Waals surface area contributed by atoms with Crippen LogP contribution in [0.4, 0.5) is 0 Å². The maximum absolute atomic E-state index is 12.9. The van der Waals surface area contributed by atoms with Gasteiger partial charge in [0.25, 0.3) is 0 Å². The van der Waals surface area contributed by atoms with Crippen LogP contribution in [0.3, 0.4) is 0 Å². The average molecular weight is 285 g/mol. The molecule has 1 aromatic carbocycles. The van der Waals surface area contributed by atoms with Crippen LogP contribution in [0.15, 0.2) is 36.5 Å². The summed E-state index contributed by atoms with van der Waals surface area (Å²) in [6.07, 6.45) is 1.55. The van der Waals surface area contributed by atoms with Gasteiger partial charge in [0.1, 0.15) is 5.69 Å². The first-order chi connectivity index (χ1) is 10.1. The maximum Gasteiger partial charge on any atom is 0.188 e. The highest BCUT2D eigenvalue weighted by Crippen LogP contribution is 2.34. The van der Waals surface area contributed by atoms with Crippen LogP contribution in [-0.2, 0) is 4.74 Å². The number of carbonyl (C=O) groups is 1. The van der Waals surface area contributed by atoms with Crippen molar-refractivity contribution in [2.75, 3.05) is 0 Å². The Morgan fingerprint density at radius 1 is 1.14 bits per heavy atom. The minimum absolute atomic E-state index is 0.0493. The zero-order chi connectivity index (χ0) is 15.0. The minimum Gasteiger partial charge on any atom is -0.374 e.